The molecule has 0 aliphatic carbocycles. The summed E-state index contributed by atoms with van der Waals surface area (Å²) in [5.41, 5.74) is 0. The Morgan fingerprint density at radius 1 is 0.260 bits per heavy atom. The van der Waals surface area contributed by atoms with Crippen molar-refractivity contribution in [3.63, 3.8) is 0 Å². The number of quaternary nitrogens is 1. The number of hydrogen-bond acceptors (Lipinski definition) is 2. The fourth-order valence-electron chi connectivity index (χ4n) is 10.8. The van der Waals surface area contributed by atoms with Crippen LogP contribution in [0.5, 0.6) is 0 Å². The quantitative estimate of drug-likeness (QED) is 0.0161. The van der Waals surface area contributed by atoms with E-state index in [1.54, 1.807) is 0 Å². The monoisotopic (exact) mass is 1120 g/mol. The SMILES string of the molecule is CCCCCCCC/C=C\CCCCCCCCCCCCC/C=C\C/C=C\CCCCCCCC[N+]([S-])(CCCCCCCC/C=C\C/C=C\CCCCCCCCCCCCC/C=C\CCCCCCCC)C(=S)S. The van der Waals surface area contributed by atoms with E-state index in [0.717, 1.165) is 38.8 Å². The first kappa shape index (κ1) is 76.2. The summed E-state index contributed by atoms with van der Waals surface area (Å²) in [7, 11) is 0. The Balaban J connectivity index is 3.50. The molecule has 0 heterocycles. The van der Waals surface area contributed by atoms with Gasteiger partial charge in [-0.3, -0.25) is 0 Å². The molecule has 0 unspecified atom stereocenters. The molecule has 450 valence electrons. The third-order valence-corrected chi connectivity index (χ3v) is 17.6. The first-order valence-electron chi connectivity index (χ1n) is 34.8. The third-order valence-electron chi connectivity index (χ3n) is 16.1. The van der Waals surface area contributed by atoms with Gasteiger partial charge in [0.15, 0.2) is 0 Å². The first-order chi connectivity index (χ1) is 38.1. The Morgan fingerprint density at radius 2 is 0.416 bits per heavy atom. The molecule has 0 radical (unpaired) electrons. The maximum Gasteiger partial charge on any atom is 0.212 e. The van der Waals surface area contributed by atoms with Gasteiger partial charge in [-0.1, -0.05) is 318 Å². The summed E-state index contributed by atoms with van der Waals surface area (Å²) >= 11 is 16.2. The van der Waals surface area contributed by atoms with Crippen LogP contribution < -0.4 is 0 Å². The van der Waals surface area contributed by atoms with Crippen LogP contribution in [0, 0.1) is 0 Å². The Labute approximate surface area is 502 Å². The highest BCUT2D eigenvalue weighted by molar-refractivity contribution is 8.10. The summed E-state index contributed by atoms with van der Waals surface area (Å²) in [6.45, 7) is 6.52. The minimum atomic E-state index is 0.452. The molecule has 0 atom stereocenters. The smallest absolute Gasteiger partial charge is 0.212 e. The van der Waals surface area contributed by atoms with E-state index in [2.05, 4.69) is 99.4 Å². The van der Waals surface area contributed by atoms with Gasteiger partial charge in [0.05, 0.1) is 13.1 Å². The van der Waals surface area contributed by atoms with Gasteiger partial charge in [-0.15, -0.1) is 0 Å². The number of hydrogen-bond donors (Lipinski definition) is 1. The second kappa shape index (κ2) is 67.7. The Hall–Kier alpha value is -0.810. The van der Waals surface area contributed by atoms with E-state index in [0.29, 0.717) is 8.21 Å². The summed E-state index contributed by atoms with van der Waals surface area (Å²) in [6, 6.07) is 0. The molecule has 0 fully saturated rings. The van der Waals surface area contributed by atoms with E-state index < -0.39 is 0 Å². The van der Waals surface area contributed by atoms with Gasteiger partial charge in [0.1, 0.15) is 0 Å². The van der Waals surface area contributed by atoms with Crippen LogP contribution in [0.2, 0.25) is 0 Å². The fraction of sp³-hybridized carbons (Fsp3) is 0.822. The highest BCUT2D eigenvalue weighted by Crippen LogP contribution is 2.20. The number of nitrogens with zero attached hydrogens (tertiary/aromatic N) is 1. The van der Waals surface area contributed by atoms with E-state index in [-0.39, 0.29) is 0 Å². The van der Waals surface area contributed by atoms with E-state index in [1.807, 2.05) is 0 Å². The largest absolute Gasteiger partial charge is 0.486 e. The molecule has 0 rings (SSSR count). The van der Waals surface area contributed by atoms with Crippen LogP contribution in [0.4, 0.5) is 0 Å². The van der Waals surface area contributed by atoms with Crippen molar-refractivity contribution in [1.29, 1.82) is 0 Å². The Morgan fingerprint density at radius 3 is 0.597 bits per heavy atom. The van der Waals surface area contributed by atoms with Crippen molar-refractivity contribution in [1.82, 2.24) is 0 Å². The van der Waals surface area contributed by atoms with Gasteiger partial charge in [-0.2, -0.15) is 0 Å². The lowest BCUT2D eigenvalue weighted by molar-refractivity contribution is -0.691. The van der Waals surface area contributed by atoms with Crippen LogP contribution in [-0.4, -0.2) is 21.3 Å². The van der Waals surface area contributed by atoms with Crippen LogP contribution >= 0.6 is 24.8 Å². The van der Waals surface area contributed by atoms with Gasteiger partial charge in [0, 0.05) is 0 Å². The van der Waals surface area contributed by atoms with E-state index in [9.17, 15) is 0 Å². The molecule has 0 aliphatic rings. The van der Waals surface area contributed by atoms with Crippen molar-refractivity contribution >= 4 is 42.0 Å². The summed E-state index contributed by atoms with van der Waals surface area (Å²) in [5.74, 6) is 0. The third kappa shape index (κ3) is 64.2. The molecule has 0 spiro atoms. The van der Waals surface area contributed by atoms with E-state index in [1.165, 1.54) is 334 Å². The molecule has 0 saturated heterocycles. The number of unbranched alkanes of at least 4 members (excludes halogenated alkanes) is 48. The fourth-order valence-corrected chi connectivity index (χ4v) is 11.4. The summed E-state index contributed by atoms with van der Waals surface area (Å²) < 4.78 is 1.14. The van der Waals surface area contributed by atoms with Crippen molar-refractivity contribution in [3.05, 3.63) is 72.9 Å². The standard InChI is InChI=1S/C73H135NS3/c1-3-5-7-9-11-13-15-17-19-21-23-25-27-29-31-33-35-37-39-41-43-45-47-49-51-53-55-57-59-61-63-65-67-69-71-74(77,73(75)76)72-70-68-66-64-62-60-58-56-54-52-50-48-46-44-42-40-38-36-34-32-30-28-26-24-22-20-18-16-14-12-10-8-6-4-2/h17-20,47-50,53-56H,3-16,21-46,51-52,57-72H2,1-2H3,(H,75,76)/b19-17-,20-18-,49-47-,50-48-,55-53-,56-54-. The maximum atomic E-state index is 6.03. The minimum Gasteiger partial charge on any atom is -0.486 e. The normalized spacial score (nSPS) is 12.6. The highest BCUT2D eigenvalue weighted by atomic mass is 32.1. The molecule has 0 aromatic rings. The van der Waals surface area contributed by atoms with Gasteiger partial charge in [0.25, 0.3) is 0 Å². The molecule has 0 aliphatic heterocycles. The lowest BCUT2D eigenvalue weighted by Crippen LogP contribution is -2.46. The number of thiocarbonyl (C=S) groups is 1. The molecule has 0 bridgehead atoms. The molecule has 0 saturated carbocycles. The molecule has 77 heavy (non-hydrogen) atoms. The number of rotatable bonds is 64. The van der Waals surface area contributed by atoms with Gasteiger partial charge in [-0.05, 0) is 153 Å². The molecule has 0 aromatic heterocycles. The van der Waals surface area contributed by atoms with Crippen molar-refractivity contribution in [2.75, 3.05) is 13.1 Å². The topological polar surface area (TPSA) is 0 Å². The summed E-state index contributed by atoms with van der Waals surface area (Å²) in [6.07, 6.45) is 105. The minimum absolute atomic E-state index is 0.452. The number of allylic oxidation sites excluding steroid dienone is 12. The zero-order valence-corrected chi connectivity index (χ0v) is 54.7. The average molecular weight is 1120 g/mol. The predicted octanol–water partition coefficient (Wildman–Crippen LogP) is 26.7. The molecular weight excluding hydrogens is 987 g/mol. The van der Waals surface area contributed by atoms with Crippen LogP contribution in [0.1, 0.15) is 373 Å². The molecule has 0 amide bonds. The maximum absolute atomic E-state index is 6.03. The van der Waals surface area contributed by atoms with E-state index in [4.69, 9.17) is 25.0 Å². The second-order valence-corrected chi connectivity index (χ2v) is 25.6. The van der Waals surface area contributed by atoms with Gasteiger partial charge in [-0.25, -0.2) is 0 Å². The van der Waals surface area contributed by atoms with Crippen molar-refractivity contribution in [2.24, 2.45) is 0 Å². The first-order valence-corrected chi connectivity index (χ1v) is 36.0. The van der Waals surface area contributed by atoms with Gasteiger partial charge in [0.2, 0.25) is 4.32 Å². The van der Waals surface area contributed by atoms with Crippen molar-refractivity contribution < 1.29 is 3.89 Å². The summed E-state index contributed by atoms with van der Waals surface area (Å²) in [4.78, 5) is 0. The van der Waals surface area contributed by atoms with Crippen LogP contribution in [-0.2, 0) is 12.8 Å². The molecular formula is C73H135NS3. The Kier molecular flexibility index (Phi) is 67.0. The molecule has 1 nitrogen and oxygen atoms in total. The number of thiol groups is 1. The van der Waals surface area contributed by atoms with Crippen LogP contribution in [0.3, 0.4) is 0 Å². The lowest BCUT2D eigenvalue weighted by Gasteiger charge is -2.42. The zero-order valence-electron chi connectivity index (χ0n) is 52.2. The second-order valence-electron chi connectivity index (χ2n) is 23.8. The average Bonchev–Trinajstić information content (AvgIpc) is 3.43. The van der Waals surface area contributed by atoms with Crippen LogP contribution in [0.25, 0.3) is 0 Å². The molecule has 0 aromatic carbocycles. The van der Waals surface area contributed by atoms with Crippen LogP contribution in [0.15, 0.2) is 72.9 Å². The zero-order chi connectivity index (χ0) is 55.6. The van der Waals surface area contributed by atoms with E-state index >= 15 is 0 Å². The highest BCUT2D eigenvalue weighted by Gasteiger charge is 2.17. The van der Waals surface area contributed by atoms with Gasteiger partial charge < -0.3 is 16.7 Å². The molecule has 0 N–H and O–H groups in total. The lowest BCUT2D eigenvalue weighted by atomic mass is 10.0. The van der Waals surface area contributed by atoms with Crippen molar-refractivity contribution in [2.45, 2.75) is 373 Å². The van der Waals surface area contributed by atoms with Gasteiger partial charge >= 0.3 is 0 Å². The predicted molar refractivity (Wildman–Crippen MR) is 364 cm³/mol. The molecule has 4 heteroatoms. The Bertz CT molecular complexity index is 1230. The van der Waals surface area contributed by atoms with Crippen molar-refractivity contribution in [3.8, 4) is 0 Å². The summed E-state index contributed by atoms with van der Waals surface area (Å²) in [5, 5.41) is 0.